The maximum atomic E-state index is 12.6. The number of alkyl halides is 6. The smallest absolute Gasteiger partial charge is 0.406 e. The second-order valence-corrected chi connectivity index (χ2v) is 8.72. The molecule has 12 heteroatoms. The fourth-order valence-electron chi connectivity index (χ4n) is 4.08. The number of halogens is 6. The first-order valence-electron chi connectivity index (χ1n) is 12.2. The van der Waals surface area contributed by atoms with Gasteiger partial charge in [-0.1, -0.05) is 37.3 Å². The molecule has 0 amide bonds. The van der Waals surface area contributed by atoms with Gasteiger partial charge in [-0.2, -0.15) is 0 Å². The van der Waals surface area contributed by atoms with Crippen LogP contribution in [0.25, 0.3) is 0 Å². The topological polar surface area (TPSA) is 75.6 Å². The minimum Gasteiger partial charge on any atom is -0.406 e. The van der Waals surface area contributed by atoms with Gasteiger partial charge in [-0.15, -0.1) is 26.3 Å². The van der Waals surface area contributed by atoms with Crippen LogP contribution in [0.5, 0.6) is 11.5 Å². The van der Waals surface area contributed by atoms with Gasteiger partial charge in [0, 0.05) is 19.3 Å². The summed E-state index contributed by atoms with van der Waals surface area (Å²) in [5, 5.41) is 18.0. The molecule has 0 saturated heterocycles. The van der Waals surface area contributed by atoms with Gasteiger partial charge in [0.05, 0.1) is 11.9 Å². The molecule has 0 fully saturated rings. The first-order valence-corrected chi connectivity index (χ1v) is 12.2. The zero-order chi connectivity index (χ0) is 28.5. The van der Waals surface area contributed by atoms with Gasteiger partial charge in [-0.3, -0.25) is 15.6 Å². The molecule has 1 heterocycles. The lowest BCUT2D eigenvalue weighted by Gasteiger charge is -2.36. The number of rotatable bonds is 13. The number of aliphatic hydroxyl groups is 1. The standard InChI is InChI=1S/C27H29F6N3O3/c1-2-25(37,23-11-3-4-14-34-23)24(35-15-12-19-7-5-9-21(17-19)38-26(28,29)30)36-16-13-20-8-6-10-22(18-20)39-27(31,32)33/h3-11,14,17-18,24,35-37H,2,12-13,15-16H2,1H3. The Balaban J connectivity index is 1.70. The van der Waals surface area contributed by atoms with Crippen molar-refractivity contribution in [2.45, 2.75) is 50.7 Å². The SMILES string of the molecule is CCC(O)(c1ccccn1)C(NCCc1cccc(OC(F)(F)F)c1)NCCc1cccc(OC(F)(F)F)c1. The molecule has 1 atom stereocenters. The van der Waals surface area contributed by atoms with E-state index in [1.54, 1.807) is 43.5 Å². The molecule has 6 nitrogen and oxygen atoms in total. The Hall–Kier alpha value is -3.35. The number of nitrogens with zero attached hydrogens (tertiary/aromatic N) is 1. The molecule has 3 rings (SSSR count). The zero-order valence-electron chi connectivity index (χ0n) is 21.0. The predicted molar refractivity (Wildman–Crippen MR) is 132 cm³/mol. The van der Waals surface area contributed by atoms with E-state index in [2.05, 4.69) is 25.1 Å². The number of hydrogen-bond acceptors (Lipinski definition) is 6. The lowest BCUT2D eigenvalue weighted by molar-refractivity contribution is -0.275. The molecule has 0 aliphatic heterocycles. The van der Waals surface area contributed by atoms with Crippen LogP contribution in [0.2, 0.25) is 0 Å². The highest BCUT2D eigenvalue weighted by molar-refractivity contribution is 5.30. The molecule has 0 bridgehead atoms. The van der Waals surface area contributed by atoms with Crippen LogP contribution >= 0.6 is 0 Å². The predicted octanol–water partition coefficient (Wildman–Crippen LogP) is 5.47. The summed E-state index contributed by atoms with van der Waals surface area (Å²) in [5.74, 6) is -0.657. The van der Waals surface area contributed by atoms with E-state index in [-0.39, 0.29) is 31.0 Å². The highest BCUT2D eigenvalue weighted by Gasteiger charge is 2.38. The second-order valence-electron chi connectivity index (χ2n) is 8.72. The van der Waals surface area contributed by atoms with Crippen molar-refractivity contribution in [2.75, 3.05) is 13.1 Å². The third-order valence-corrected chi connectivity index (χ3v) is 5.91. The van der Waals surface area contributed by atoms with Gasteiger partial charge in [-0.25, -0.2) is 0 Å². The molecule has 212 valence electrons. The molecule has 1 aromatic heterocycles. The maximum absolute atomic E-state index is 12.6. The molecular weight excluding hydrogens is 528 g/mol. The number of ether oxygens (including phenoxy) is 2. The molecule has 0 spiro atoms. The summed E-state index contributed by atoms with van der Waals surface area (Å²) in [4.78, 5) is 4.29. The Morgan fingerprint density at radius 2 is 1.28 bits per heavy atom. The number of aromatic nitrogens is 1. The van der Waals surface area contributed by atoms with Crippen molar-refractivity contribution in [3.8, 4) is 11.5 Å². The van der Waals surface area contributed by atoms with Crippen LogP contribution in [-0.2, 0) is 18.4 Å². The zero-order valence-corrected chi connectivity index (χ0v) is 21.0. The Labute approximate surface area is 222 Å². The van der Waals surface area contributed by atoms with E-state index in [9.17, 15) is 31.4 Å². The van der Waals surface area contributed by atoms with E-state index >= 15 is 0 Å². The molecule has 39 heavy (non-hydrogen) atoms. The van der Waals surface area contributed by atoms with Gasteiger partial charge in [0.25, 0.3) is 0 Å². The Morgan fingerprint density at radius 3 is 1.69 bits per heavy atom. The van der Waals surface area contributed by atoms with Gasteiger partial charge < -0.3 is 14.6 Å². The largest absolute Gasteiger partial charge is 0.573 e. The summed E-state index contributed by atoms with van der Waals surface area (Å²) in [6.07, 6.45) is -7.89. The molecular formula is C27H29F6N3O3. The van der Waals surface area contributed by atoms with E-state index in [1.165, 1.54) is 36.4 Å². The van der Waals surface area contributed by atoms with Crippen LogP contribution in [0.1, 0.15) is 30.2 Å². The first kappa shape index (κ1) is 30.2. The Kier molecular flexibility index (Phi) is 10.2. The van der Waals surface area contributed by atoms with Gasteiger partial charge in [0.15, 0.2) is 0 Å². The van der Waals surface area contributed by atoms with Crippen LogP contribution in [0.15, 0.2) is 72.9 Å². The molecule has 0 aliphatic carbocycles. The first-order chi connectivity index (χ1) is 18.4. The summed E-state index contributed by atoms with van der Waals surface area (Å²) < 4.78 is 83.3. The van der Waals surface area contributed by atoms with E-state index in [0.717, 1.165) is 0 Å². The number of hydrogen-bond donors (Lipinski definition) is 3. The van der Waals surface area contributed by atoms with E-state index in [0.29, 0.717) is 29.7 Å². The monoisotopic (exact) mass is 557 g/mol. The van der Waals surface area contributed by atoms with Crippen LogP contribution < -0.4 is 20.1 Å². The fourth-order valence-corrected chi connectivity index (χ4v) is 4.08. The van der Waals surface area contributed by atoms with Gasteiger partial charge >= 0.3 is 12.7 Å². The lowest BCUT2D eigenvalue weighted by Crippen LogP contribution is -2.58. The highest BCUT2D eigenvalue weighted by Crippen LogP contribution is 2.27. The summed E-state index contributed by atoms with van der Waals surface area (Å²) in [7, 11) is 0. The molecule has 3 aromatic rings. The van der Waals surface area contributed by atoms with Crippen LogP contribution in [0, 0.1) is 0 Å². The number of pyridine rings is 1. The van der Waals surface area contributed by atoms with E-state index in [1.807, 2.05) is 0 Å². The van der Waals surface area contributed by atoms with E-state index < -0.39 is 24.5 Å². The minimum atomic E-state index is -4.80. The summed E-state index contributed by atoms with van der Waals surface area (Å²) >= 11 is 0. The summed E-state index contributed by atoms with van der Waals surface area (Å²) in [6.45, 7) is 2.33. The normalized spacial score (nSPS) is 13.8. The summed E-state index contributed by atoms with van der Waals surface area (Å²) in [6, 6.07) is 16.4. The molecule has 3 N–H and O–H groups in total. The Bertz CT molecular complexity index is 1110. The highest BCUT2D eigenvalue weighted by atomic mass is 19.4. The maximum Gasteiger partial charge on any atom is 0.573 e. The van der Waals surface area contributed by atoms with Crippen molar-refractivity contribution in [2.24, 2.45) is 0 Å². The minimum absolute atomic E-state index is 0.262. The Morgan fingerprint density at radius 1 is 0.769 bits per heavy atom. The van der Waals surface area contributed by atoms with Crippen molar-refractivity contribution in [1.29, 1.82) is 0 Å². The molecule has 0 aliphatic rings. The number of nitrogens with one attached hydrogen (secondary N) is 2. The quantitative estimate of drug-likeness (QED) is 0.191. The average molecular weight is 558 g/mol. The van der Waals surface area contributed by atoms with Crippen molar-refractivity contribution in [3.63, 3.8) is 0 Å². The number of benzene rings is 2. The van der Waals surface area contributed by atoms with Crippen LogP contribution in [0.3, 0.4) is 0 Å². The molecule has 0 saturated carbocycles. The second kappa shape index (κ2) is 13.1. The third kappa shape index (κ3) is 9.72. The van der Waals surface area contributed by atoms with Crippen LogP contribution in [0.4, 0.5) is 26.3 Å². The van der Waals surface area contributed by atoms with Crippen LogP contribution in [-0.4, -0.2) is 42.1 Å². The molecule has 2 aromatic carbocycles. The third-order valence-electron chi connectivity index (χ3n) is 5.91. The van der Waals surface area contributed by atoms with Gasteiger partial charge in [-0.05, 0) is 66.8 Å². The van der Waals surface area contributed by atoms with Gasteiger partial charge in [0.2, 0.25) is 0 Å². The van der Waals surface area contributed by atoms with Crippen molar-refractivity contribution < 1.29 is 40.9 Å². The summed E-state index contributed by atoms with van der Waals surface area (Å²) in [5.41, 5.74) is 0.104. The lowest BCUT2D eigenvalue weighted by atomic mass is 9.91. The van der Waals surface area contributed by atoms with E-state index in [4.69, 9.17) is 0 Å². The van der Waals surface area contributed by atoms with Crippen molar-refractivity contribution in [3.05, 3.63) is 89.7 Å². The van der Waals surface area contributed by atoms with Crippen molar-refractivity contribution in [1.82, 2.24) is 15.6 Å². The molecule has 1 unspecified atom stereocenters. The van der Waals surface area contributed by atoms with Gasteiger partial charge in [0.1, 0.15) is 17.1 Å². The average Bonchev–Trinajstić information content (AvgIpc) is 2.86. The molecule has 0 radical (unpaired) electrons. The van der Waals surface area contributed by atoms with Crippen molar-refractivity contribution >= 4 is 0 Å². The fraction of sp³-hybridized carbons (Fsp3) is 0.370.